The normalized spacial score (nSPS) is 11.3. The van der Waals surface area contributed by atoms with Gasteiger partial charge >= 0.3 is 0 Å². The van der Waals surface area contributed by atoms with Crippen LogP contribution < -0.4 is 15.0 Å². The summed E-state index contributed by atoms with van der Waals surface area (Å²) in [7, 11) is -2.06. The highest BCUT2D eigenvalue weighted by atomic mass is 32.2. The molecule has 0 spiro atoms. The minimum absolute atomic E-state index is 0.104. The molecule has 1 aromatic heterocycles. The first kappa shape index (κ1) is 23.3. The van der Waals surface area contributed by atoms with Crippen molar-refractivity contribution in [3.63, 3.8) is 0 Å². The van der Waals surface area contributed by atoms with Crippen LogP contribution in [0.1, 0.15) is 23.6 Å². The fraction of sp³-hybridized carbons (Fsp3) is 0.208. The number of aromatic nitrogens is 1. The molecule has 3 aromatic rings. The van der Waals surface area contributed by atoms with Crippen LogP contribution in [0.5, 0.6) is 11.5 Å². The summed E-state index contributed by atoms with van der Waals surface area (Å²) in [6.07, 6.45) is 2.20. The first-order valence-corrected chi connectivity index (χ1v) is 11.5. The Morgan fingerprint density at radius 2 is 1.81 bits per heavy atom. The van der Waals surface area contributed by atoms with Crippen LogP contribution in [0.4, 0.5) is 10.1 Å². The van der Waals surface area contributed by atoms with E-state index >= 15 is 0 Å². The van der Waals surface area contributed by atoms with E-state index < -0.39 is 10.0 Å². The lowest BCUT2D eigenvalue weighted by Crippen LogP contribution is -2.20. The van der Waals surface area contributed by atoms with Gasteiger partial charge in [-0.3, -0.25) is 9.52 Å². The fourth-order valence-corrected chi connectivity index (χ4v) is 4.00. The predicted molar refractivity (Wildman–Crippen MR) is 125 cm³/mol. The largest absolute Gasteiger partial charge is 0.456 e. The number of anilines is 1. The van der Waals surface area contributed by atoms with Gasteiger partial charge < -0.3 is 9.30 Å². The van der Waals surface area contributed by atoms with Gasteiger partial charge in [-0.25, -0.2) is 12.8 Å². The monoisotopic (exact) mass is 456 g/mol. The lowest BCUT2D eigenvalue weighted by Gasteiger charge is -2.17. The van der Waals surface area contributed by atoms with Crippen molar-refractivity contribution >= 4 is 15.7 Å². The number of rotatable bonds is 7. The van der Waals surface area contributed by atoms with Crippen molar-refractivity contribution < 1.29 is 17.5 Å². The van der Waals surface area contributed by atoms with Crippen molar-refractivity contribution in [1.29, 1.82) is 0 Å². The standard InChI is InChI=1S/C24H25FN2O4S/c1-6-17-12-18(14-27(5)24(17)28)21-13-20(26-32(29,30)7-2)8-9-22(21)31-23-15(3)10-19(25)11-16(23)4/h7-14,26H,2,6H2,1,3-5H3. The summed E-state index contributed by atoms with van der Waals surface area (Å²) in [5, 5.41) is 0.823. The molecule has 0 amide bonds. The first-order chi connectivity index (χ1) is 15.0. The molecule has 168 valence electrons. The van der Waals surface area contributed by atoms with Crippen LogP contribution in [0.3, 0.4) is 0 Å². The maximum Gasteiger partial charge on any atom is 0.254 e. The van der Waals surface area contributed by atoms with E-state index in [0.717, 1.165) is 5.41 Å². The highest BCUT2D eigenvalue weighted by Crippen LogP contribution is 2.38. The predicted octanol–water partition coefficient (Wildman–Crippen LogP) is 5.05. The molecule has 3 rings (SSSR count). The van der Waals surface area contributed by atoms with E-state index in [1.165, 1.54) is 16.7 Å². The number of hydrogen-bond acceptors (Lipinski definition) is 4. The number of benzene rings is 2. The molecule has 2 aromatic carbocycles. The van der Waals surface area contributed by atoms with E-state index in [1.54, 1.807) is 51.4 Å². The highest BCUT2D eigenvalue weighted by Gasteiger charge is 2.16. The Bertz CT molecular complexity index is 1340. The number of hydrogen-bond donors (Lipinski definition) is 1. The minimum Gasteiger partial charge on any atom is -0.456 e. The molecular formula is C24H25FN2O4S. The number of aryl methyl sites for hydroxylation is 4. The lowest BCUT2D eigenvalue weighted by molar-refractivity contribution is 0.474. The number of ether oxygens (including phenoxy) is 1. The molecule has 0 saturated heterocycles. The third kappa shape index (κ3) is 4.91. The van der Waals surface area contributed by atoms with Gasteiger partial charge in [0, 0.05) is 41.0 Å². The molecule has 1 N–H and O–H groups in total. The second-order valence-electron chi connectivity index (χ2n) is 7.52. The topological polar surface area (TPSA) is 77.4 Å². The van der Waals surface area contributed by atoms with E-state index in [9.17, 15) is 17.6 Å². The van der Waals surface area contributed by atoms with Gasteiger partial charge in [0.15, 0.2) is 0 Å². The maximum absolute atomic E-state index is 13.7. The SMILES string of the molecule is C=CS(=O)(=O)Nc1ccc(Oc2c(C)cc(F)cc2C)c(-c2cc(CC)c(=O)n(C)c2)c1. The average Bonchev–Trinajstić information content (AvgIpc) is 2.73. The number of sulfonamides is 1. The van der Waals surface area contributed by atoms with E-state index in [-0.39, 0.29) is 11.4 Å². The second kappa shape index (κ2) is 9.00. The Balaban J connectivity index is 2.21. The van der Waals surface area contributed by atoms with Gasteiger partial charge in [-0.1, -0.05) is 13.5 Å². The van der Waals surface area contributed by atoms with Crippen LogP contribution in [0.2, 0.25) is 0 Å². The zero-order valence-corrected chi connectivity index (χ0v) is 19.2. The Kier molecular flexibility index (Phi) is 6.55. The second-order valence-corrected chi connectivity index (χ2v) is 9.15. The molecule has 0 saturated carbocycles. The molecule has 6 nitrogen and oxygen atoms in total. The number of pyridine rings is 1. The molecule has 0 unspecified atom stereocenters. The molecule has 0 aliphatic rings. The number of nitrogens with zero attached hydrogens (tertiary/aromatic N) is 1. The zero-order valence-electron chi connectivity index (χ0n) is 18.4. The Labute approximate surface area is 187 Å². The smallest absolute Gasteiger partial charge is 0.254 e. The van der Waals surface area contributed by atoms with Crippen molar-refractivity contribution in [2.24, 2.45) is 7.05 Å². The molecule has 32 heavy (non-hydrogen) atoms. The van der Waals surface area contributed by atoms with Gasteiger partial charge in [0.1, 0.15) is 17.3 Å². The van der Waals surface area contributed by atoms with Crippen molar-refractivity contribution in [3.8, 4) is 22.6 Å². The van der Waals surface area contributed by atoms with Gasteiger partial charge in [0.25, 0.3) is 15.6 Å². The van der Waals surface area contributed by atoms with Gasteiger partial charge in [-0.05, 0) is 67.8 Å². The molecule has 0 aliphatic carbocycles. The Morgan fingerprint density at radius 3 is 2.41 bits per heavy atom. The summed E-state index contributed by atoms with van der Waals surface area (Å²) in [4.78, 5) is 12.4. The molecule has 8 heteroatoms. The summed E-state index contributed by atoms with van der Waals surface area (Å²) >= 11 is 0. The Hall–Kier alpha value is -3.39. The van der Waals surface area contributed by atoms with Crippen LogP contribution in [0.15, 0.2) is 59.4 Å². The molecule has 0 aliphatic heterocycles. The molecular weight excluding hydrogens is 431 g/mol. The highest BCUT2D eigenvalue weighted by molar-refractivity contribution is 7.95. The molecule has 1 heterocycles. The van der Waals surface area contributed by atoms with Crippen LogP contribution in [0, 0.1) is 19.7 Å². The Morgan fingerprint density at radius 1 is 1.16 bits per heavy atom. The van der Waals surface area contributed by atoms with Gasteiger partial charge in [0.2, 0.25) is 0 Å². The van der Waals surface area contributed by atoms with Crippen LogP contribution in [0.25, 0.3) is 11.1 Å². The van der Waals surface area contributed by atoms with E-state index in [1.807, 2.05) is 6.92 Å². The third-order valence-electron chi connectivity index (χ3n) is 5.05. The summed E-state index contributed by atoms with van der Waals surface area (Å²) in [6.45, 7) is 8.69. The van der Waals surface area contributed by atoms with E-state index in [2.05, 4.69) is 11.3 Å². The quantitative estimate of drug-likeness (QED) is 0.540. The number of halogens is 1. The molecule has 0 fully saturated rings. The van der Waals surface area contributed by atoms with Crippen LogP contribution in [-0.4, -0.2) is 13.0 Å². The van der Waals surface area contributed by atoms with Crippen molar-refractivity contribution in [2.75, 3.05) is 4.72 Å². The summed E-state index contributed by atoms with van der Waals surface area (Å²) in [5.41, 5.74) is 3.32. The summed E-state index contributed by atoms with van der Waals surface area (Å²) in [5.74, 6) is 0.588. The molecule has 0 radical (unpaired) electrons. The van der Waals surface area contributed by atoms with Crippen molar-refractivity contribution in [3.05, 3.63) is 87.4 Å². The molecule has 0 bridgehead atoms. The minimum atomic E-state index is -3.71. The zero-order chi connectivity index (χ0) is 23.6. The maximum atomic E-state index is 13.7. The van der Waals surface area contributed by atoms with E-state index in [0.29, 0.717) is 51.4 Å². The van der Waals surface area contributed by atoms with Gasteiger partial charge in [-0.2, -0.15) is 0 Å². The van der Waals surface area contributed by atoms with E-state index in [4.69, 9.17) is 4.74 Å². The lowest BCUT2D eigenvalue weighted by atomic mass is 10.0. The van der Waals surface area contributed by atoms with Crippen LogP contribution >= 0.6 is 0 Å². The van der Waals surface area contributed by atoms with Gasteiger partial charge in [-0.15, -0.1) is 0 Å². The van der Waals surface area contributed by atoms with Gasteiger partial charge in [0.05, 0.1) is 0 Å². The van der Waals surface area contributed by atoms with Crippen molar-refractivity contribution in [2.45, 2.75) is 27.2 Å². The fourth-order valence-electron chi connectivity index (χ4n) is 3.46. The number of nitrogens with one attached hydrogen (secondary N) is 1. The van der Waals surface area contributed by atoms with Crippen LogP contribution in [-0.2, 0) is 23.5 Å². The summed E-state index contributed by atoms with van der Waals surface area (Å²) in [6, 6.07) is 9.36. The third-order valence-corrected chi connectivity index (χ3v) is 6.00. The summed E-state index contributed by atoms with van der Waals surface area (Å²) < 4.78 is 47.8. The first-order valence-electron chi connectivity index (χ1n) is 9.98. The average molecular weight is 457 g/mol. The van der Waals surface area contributed by atoms with Crippen molar-refractivity contribution in [1.82, 2.24) is 4.57 Å². The molecule has 0 atom stereocenters.